The summed E-state index contributed by atoms with van der Waals surface area (Å²) in [5.74, 6) is 0. The first-order chi connectivity index (χ1) is 9.79. The Morgan fingerprint density at radius 3 is 2.60 bits per heavy atom. The number of nitrogens with one attached hydrogen (secondary N) is 2. The first-order valence-corrected chi connectivity index (χ1v) is 7.22. The van der Waals surface area contributed by atoms with Crippen molar-refractivity contribution in [1.82, 2.24) is 15.5 Å². The van der Waals surface area contributed by atoms with E-state index in [4.69, 9.17) is 5.11 Å². The molecule has 0 spiro atoms. The highest BCUT2D eigenvalue weighted by atomic mass is 16.3. The molecule has 1 atom stereocenters. The molecule has 5 heteroatoms. The van der Waals surface area contributed by atoms with Crippen molar-refractivity contribution in [2.24, 2.45) is 0 Å². The number of hydrogen-bond donors (Lipinski definition) is 3. The Balaban J connectivity index is 1.97. The van der Waals surface area contributed by atoms with Gasteiger partial charge in [-0.1, -0.05) is 30.3 Å². The Hall–Kier alpha value is -1.59. The fourth-order valence-corrected chi connectivity index (χ4v) is 2.52. The van der Waals surface area contributed by atoms with Gasteiger partial charge < -0.3 is 20.6 Å². The van der Waals surface area contributed by atoms with Crippen molar-refractivity contribution in [2.45, 2.75) is 18.9 Å². The molecule has 110 valence electrons. The van der Waals surface area contributed by atoms with E-state index < -0.39 is 0 Å². The third-order valence-corrected chi connectivity index (χ3v) is 3.54. The van der Waals surface area contributed by atoms with Crippen LogP contribution < -0.4 is 10.6 Å². The van der Waals surface area contributed by atoms with Crippen LogP contribution in [0, 0.1) is 0 Å². The molecule has 1 aromatic rings. The Kier molecular flexibility index (Phi) is 5.83. The van der Waals surface area contributed by atoms with Crippen LogP contribution in [0.5, 0.6) is 0 Å². The van der Waals surface area contributed by atoms with Gasteiger partial charge in [0.05, 0.1) is 12.6 Å². The predicted octanol–water partition coefficient (Wildman–Crippen LogP) is 1.11. The fourth-order valence-electron chi connectivity index (χ4n) is 2.52. The number of rotatable bonds is 6. The second kappa shape index (κ2) is 7.87. The molecule has 0 saturated carbocycles. The Morgan fingerprint density at radius 2 is 1.95 bits per heavy atom. The minimum absolute atomic E-state index is 0.0204. The number of amides is 2. The lowest BCUT2D eigenvalue weighted by atomic mass is 10.1. The number of aliphatic hydroxyl groups is 1. The van der Waals surface area contributed by atoms with E-state index in [1.54, 1.807) is 0 Å². The molecule has 0 aliphatic carbocycles. The van der Waals surface area contributed by atoms with E-state index >= 15 is 0 Å². The van der Waals surface area contributed by atoms with Crippen LogP contribution in [0.25, 0.3) is 0 Å². The largest absolute Gasteiger partial charge is 0.395 e. The summed E-state index contributed by atoms with van der Waals surface area (Å²) < 4.78 is 0. The average molecular weight is 277 g/mol. The first kappa shape index (κ1) is 14.8. The van der Waals surface area contributed by atoms with Crippen molar-refractivity contribution >= 4 is 6.03 Å². The molecule has 1 saturated heterocycles. The summed E-state index contributed by atoms with van der Waals surface area (Å²) in [5, 5.41) is 14.4. The van der Waals surface area contributed by atoms with Crippen molar-refractivity contribution in [3.05, 3.63) is 35.9 Å². The van der Waals surface area contributed by atoms with Crippen LogP contribution in [0.3, 0.4) is 0 Å². The third kappa shape index (κ3) is 4.51. The lowest BCUT2D eigenvalue weighted by molar-refractivity contribution is 0.224. The highest BCUT2D eigenvalue weighted by Crippen LogP contribution is 2.17. The van der Waals surface area contributed by atoms with Gasteiger partial charge in [-0.3, -0.25) is 0 Å². The summed E-state index contributed by atoms with van der Waals surface area (Å²) in [6.07, 6.45) is 2.47. The van der Waals surface area contributed by atoms with Gasteiger partial charge in [0, 0.05) is 13.1 Å². The molecular weight excluding hydrogens is 254 g/mol. The molecule has 2 amide bonds. The fraction of sp³-hybridized carbons (Fsp3) is 0.533. The maximum Gasteiger partial charge on any atom is 0.315 e. The van der Waals surface area contributed by atoms with Crippen LogP contribution in [0.4, 0.5) is 4.79 Å². The van der Waals surface area contributed by atoms with Crippen LogP contribution >= 0.6 is 0 Å². The summed E-state index contributed by atoms with van der Waals surface area (Å²) in [7, 11) is 0. The summed E-state index contributed by atoms with van der Waals surface area (Å²) in [6, 6.07) is 9.77. The average Bonchev–Trinajstić information content (AvgIpc) is 2.98. The van der Waals surface area contributed by atoms with Crippen LogP contribution in [0.15, 0.2) is 30.3 Å². The number of benzene rings is 1. The van der Waals surface area contributed by atoms with Gasteiger partial charge in [-0.05, 0) is 31.5 Å². The second-order valence-electron chi connectivity index (χ2n) is 5.09. The van der Waals surface area contributed by atoms with Crippen molar-refractivity contribution in [3.63, 3.8) is 0 Å². The summed E-state index contributed by atoms with van der Waals surface area (Å²) in [4.78, 5) is 14.2. The first-order valence-electron chi connectivity index (χ1n) is 7.22. The molecule has 0 aromatic heterocycles. The van der Waals surface area contributed by atoms with E-state index in [9.17, 15) is 4.79 Å². The number of nitrogens with zero attached hydrogens (tertiary/aromatic N) is 1. The number of carbonyl (C=O) groups excluding carboxylic acids is 1. The maximum absolute atomic E-state index is 11.8. The maximum atomic E-state index is 11.8. The summed E-state index contributed by atoms with van der Waals surface area (Å²) in [5.41, 5.74) is 1.11. The lowest BCUT2D eigenvalue weighted by Gasteiger charge is -2.25. The molecule has 0 bridgehead atoms. The van der Waals surface area contributed by atoms with E-state index in [1.807, 2.05) is 30.3 Å². The van der Waals surface area contributed by atoms with Crippen molar-refractivity contribution in [2.75, 3.05) is 32.8 Å². The smallest absolute Gasteiger partial charge is 0.315 e. The Labute approximate surface area is 120 Å². The number of aliphatic hydroxyl groups excluding tert-OH is 1. The Bertz CT molecular complexity index is 405. The summed E-state index contributed by atoms with van der Waals surface area (Å²) in [6.45, 7) is 3.26. The topological polar surface area (TPSA) is 64.6 Å². The summed E-state index contributed by atoms with van der Waals surface area (Å²) >= 11 is 0. The molecule has 2 rings (SSSR count). The van der Waals surface area contributed by atoms with Crippen LogP contribution in [0.1, 0.15) is 24.4 Å². The van der Waals surface area contributed by atoms with Crippen LogP contribution in [-0.4, -0.2) is 48.8 Å². The van der Waals surface area contributed by atoms with E-state index in [2.05, 4.69) is 15.5 Å². The molecule has 1 aromatic carbocycles. The van der Waals surface area contributed by atoms with Gasteiger partial charge in [0.2, 0.25) is 0 Å². The highest BCUT2D eigenvalue weighted by Gasteiger charge is 2.20. The number of urea groups is 1. The van der Waals surface area contributed by atoms with E-state index in [-0.39, 0.29) is 25.2 Å². The number of hydrogen-bond acceptors (Lipinski definition) is 3. The molecule has 1 aliphatic heterocycles. The molecule has 5 nitrogen and oxygen atoms in total. The molecular formula is C15H23N3O2. The van der Waals surface area contributed by atoms with Gasteiger partial charge in [0.15, 0.2) is 0 Å². The monoisotopic (exact) mass is 277 g/mol. The van der Waals surface area contributed by atoms with Crippen molar-refractivity contribution in [3.8, 4) is 0 Å². The van der Waals surface area contributed by atoms with Crippen LogP contribution in [-0.2, 0) is 0 Å². The molecule has 1 heterocycles. The number of likely N-dealkylation sites (tertiary alicyclic amines) is 1. The SMILES string of the molecule is O=C(NCCO)NC(CN1CCCC1)c1ccccc1. The molecule has 3 N–H and O–H groups in total. The van der Waals surface area contributed by atoms with Gasteiger partial charge in [0.1, 0.15) is 0 Å². The van der Waals surface area contributed by atoms with Crippen molar-refractivity contribution in [1.29, 1.82) is 0 Å². The van der Waals surface area contributed by atoms with Gasteiger partial charge in [-0.2, -0.15) is 0 Å². The van der Waals surface area contributed by atoms with Gasteiger partial charge >= 0.3 is 6.03 Å². The van der Waals surface area contributed by atoms with E-state index in [1.165, 1.54) is 12.8 Å². The standard InChI is InChI=1S/C15H23N3O2/c19-11-8-16-15(20)17-14(12-18-9-4-5-10-18)13-6-2-1-3-7-13/h1-3,6-7,14,19H,4-5,8-12H2,(H2,16,17,20). The second-order valence-corrected chi connectivity index (χ2v) is 5.09. The third-order valence-electron chi connectivity index (χ3n) is 3.54. The van der Waals surface area contributed by atoms with Crippen LogP contribution in [0.2, 0.25) is 0 Å². The zero-order valence-electron chi connectivity index (χ0n) is 11.7. The highest BCUT2D eigenvalue weighted by molar-refractivity contribution is 5.74. The molecule has 20 heavy (non-hydrogen) atoms. The van der Waals surface area contributed by atoms with Gasteiger partial charge in [0.25, 0.3) is 0 Å². The molecule has 1 unspecified atom stereocenters. The van der Waals surface area contributed by atoms with E-state index in [0.29, 0.717) is 0 Å². The normalized spacial score (nSPS) is 16.9. The van der Waals surface area contributed by atoms with Crippen molar-refractivity contribution < 1.29 is 9.90 Å². The Morgan fingerprint density at radius 1 is 1.25 bits per heavy atom. The van der Waals surface area contributed by atoms with E-state index in [0.717, 1.165) is 25.2 Å². The molecule has 0 radical (unpaired) electrons. The zero-order valence-corrected chi connectivity index (χ0v) is 11.7. The predicted molar refractivity (Wildman–Crippen MR) is 78.5 cm³/mol. The zero-order chi connectivity index (χ0) is 14.2. The van der Waals surface area contributed by atoms with Gasteiger partial charge in [-0.15, -0.1) is 0 Å². The minimum Gasteiger partial charge on any atom is -0.395 e. The molecule has 1 fully saturated rings. The lowest BCUT2D eigenvalue weighted by Crippen LogP contribution is -2.43. The minimum atomic E-state index is -0.230. The van der Waals surface area contributed by atoms with Gasteiger partial charge in [-0.25, -0.2) is 4.79 Å². The number of carbonyl (C=O) groups is 1. The quantitative estimate of drug-likeness (QED) is 0.730. The molecule has 1 aliphatic rings.